The number of rotatable bonds is 4. The molecule has 2 aromatic rings. The van der Waals surface area contributed by atoms with E-state index in [9.17, 15) is 14.0 Å². The smallest absolute Gasteiger partial charge is 0.341 e. The number of carboxylic acid groups (broad SMARTS) is 1. The Balaban J connectivity index is 2.38. The minimum atomic E-state index is -1.31. The molecule has 0 fully saturated rings. The first-order chi connectivity index (χ1) is 9.52. The molecular formula is C14H12FNO4. The molecule has 0 saturated heterocycles. The van der Waals surface area contributed by atoms with E-state index in [4.69, 9.17) is 9.84 Å². The van der Waals surface area contributed by atoms with Crippen molar-refractivity contribution in [3.63, 3.8) is 0 Å². The average Bonchev–Trinajstić information content (AvgIpc) is 2.43. The molecule has 0 saturated carbocycles. The van der Waals surface area contributed by atoms with Gasteiger partial charge in [-0.05, 0) is 6.07 Å². The van der Waals surface area contributed by atoms with E-state index >= 15 is 0 Å². The maximum absolute atomic E-state index is 14.0. The topological polar surface area (TPSA) is 68.5 Å². The molecule has 5 nitrogen and oxygen atoms in total. The zero-order chi connectivity index (χ0) is 14.7. The lowest BCUT2D eigenvalue weighted by Gasteiger charge is -2.10. The van der Waals surface area contributed by atoms with Crippen LogP contribution in [0.15, 0.2) is 41.5 Å². The molecule has 0 atom stereocenters. The highest BCUT2D eigenvalue weighted by Gasteiger charge is 2.11. The largest absolute Gasteiger partial charge is 0.494 e. The molecule has 0 unspecified atom stereocenters. The first-order valence-electron chi connectivity index (χ1n) is 5.77. The summed E-state index contributed by atoms with van der Waals surface area (Å²) in [6.07, 6.45) is 2.59. The highest BCUT2D eigenvalue weighted by molar-refractivity contribution is 5.86. The predicted octanol–water partition coefficient (Wildman–Crippen LogP) is 1.74. The SMILES string of the molecule is COc1cccc(Cn2ccc(=O)c(C(=O)O)c2)c1F. The number of hydrogen-bond acceptors (Lipinski definition) is 3. The number of aromatic nitrogens is 1. The summed E-state index contributed by atoms with van der Waals surface area (Å²) in [6.45, 7) is 0.101. The van der Waals surface area contributed by atoms with Gasteiger partial charge in [0.25, 0.3) is 0 Å². The molecule has 0 radical (unpaired) electrons. The van der Waals surface area contributed by atoms with Crippen LogP contribution < -0.4 is 10.2 Å². The molecule has 1 aromatic carbocycles. The van der Waals surface area contributed by atoms with Gasteiger partial charge in [-0.25, -0.2) is 9.18 Å². The number of benzene rings is 1. The third kappa shape index (κ3) is 2.69. The van der Waals surface area contributed by atoms with Gasteiger partial charge in [0.1, 0.15) is 5.56 Å². The maximum atomic E-state index is 14.0. The molecule has 0 spiro atoms. The Hall–Kier alpha value is -2.63. The Bertz CT molecular complexity index is 709. The fraction of sp³-hybridized carbons (Fsp3) is 0.143. The minimum absolute atomic E-state index is 0.101. The van der Waals surface area contributed by atoms with Crippen molar-refractivity contribution < 1.29 is 19.0 Å². The quantitative estimate of drug-likeness (QED) is 0.924. The lowest BCUT2D eigenvalue weighted by Crippen LogP contribution is -2.17. The molecule has 20 heavy (non-hydrogen) atoms. The van der Waals surface area contributed by atoms with E-state index in [-0.39, 0.29) is 17.9 Å². The van der Waals surface area contributed by atoms with Crippen molar-refractivity contribution in [2.24, 2.45) is 0 Å². The van der Waals surface area contributed by atoms with E-state index in [2.05, 4.69) is 0 Å². The van der Waals surface area contributed by atoms with E-state index in [1.165, 1.54) is 30.1 Å². The third-order valence-electron chi connectivity index (χ3n) is 2.82. The fourth-order valence-electron chi connectivity index (χ4n) is 1.82. The Kier molecular flexibility index (Phi) is 3.84. The summed E-state index contributed by atoms with van der Waals surface area (Å²) in [4.78, 5) is 22.2. The summed E-state index contributed by atoms with van der Waals surface area (Å²) in [5.41, 5.74) is -0.597. The first-order valence-corrected chi connectivity index (χ1v) is 5.77. The van der Waals surface area contributed by atoms with Crippen LogP contribution in [-0.2, 0) is 6.54 Å². The second-order valence-electron chi connectivity index (χ2n) is 4.13. The summed E-state index contributed by atoms with van der Waals surface area (Å²) in [5.74, 6) is -1.71. The predicted molar refractivity (Wildman–Crippen MR) is 69.7 cm³/mol. The van der Waals surface area contributed by atoms with Crippen molar-refractivity contribution in [2.45, 2.75) is 6.54 Å². The van der Waals surface area contributed by atoms with E-state index in [1.807, 2.05) is 0 Å². The zero-order valence-corrected chi connectivity index (χ0v) is 10.7. The summed E-state index contributed by atoms with van der Waals surface area (Å²) < 4.78 is 20.3. The van der Waals surface area contributed by atoms with Crippen LogP contribution in [0.25, 0.3) is 0 Å². The molecule has 6 heteroatoms. The van der Waals surface area contributed by atoms with E-state index in [0.29, 0.717) is 5.56 Å². The van der Waals surface area contributed by atoms with Crippen LogP contribution in [0.4, 0.5) is 4.39 Å². The standard InChI is InChI=1S/C14H12FNO4/c1-20-12-4-2-3-9(13(12)15)7-16-6-5-11(17)10(8-16)14(18)19/h2-6,8H,7H2,1H3,(H,18,19). The van der Waals surface area contributed by atoms with Gasteiger partial charge in [0, 0.05) is 24.0 Å². The number of ether oxygens (including phenoxy) is 1. The molecule has 0 aliphatic carbocycles. The second kappa shape index (κ2) is 5.56. The highest BCUT2D eigenvalue weighted by Crippen LogP contribution is 2.20. The molecule has 0 amide bonds. The number of pyridine rings is 1. The van der Waals surface area contributed by atoms with Gasteiger partial charge in [-0.1, -0.05) is 12.1 Å². The summed E-state index contributed by atoms with van der Waals surface area (Å²) in [6, 6.07) is 5.84. The van der Waals surface area contributed by atoms with Gasteiger partial charge >= 0.3 is 5.97 Å². The molecule has 2 rings (SSSR count). The number of methoxy groups -OCH3 is 1. The van der Waals surface area contributed by atoms with Crippen molar-refractivity contribution in [3.05, 3.63) is 63.8 Å². The molecule has 1 N–H and O–H groups in total. The molecular weight excluding hydrogens is 265 g/mol. The Morgan fingerprint density at radius 1 is 1.40 bits per heavy atom. The Labute approximate surface area is 113 Å². The van der Waals surface area contributed by atoms with Crippen molar-refractivity contribution in [2.75, 3.05) is 7.11 Å². The second-order valence-corrected chi connectivity index (χ2v) is 4.13. The maximum Gasteiger partial charge on any atom is 0.341 e. The van der Waals surface area contributed by atoms with Gasteiger partial charge in [0.2, 0.25) is 0 Å². The van der Waals surface area contributed by atoms with Gasteiger partial charge in [-0.3, -0.25) is 4.79 Å². The van der Waals surface area contributed by atoms with Crippen molar-refractivity contribution >= 4 is 5.97 Å². The van der Waals surface area contributed by atoms with E-state index < -0.39 is 17.2 Å². The van der Waals surface area contributed by atoms with Gasteiger partial charge in [-0.2, -0.15) is 0 Å². The van der Waals surface area contributed by atoms with Crippen molar-refractivity contribution in [3.8, 4) is 5.75 Å². The average molecular weight is 277 g/mol. The normalized spacial score (nSPS) is 10.3. The van der Waals surface area contributed by atoms with Crippen LogP contribution in [0.3, 0.4) is 0 Å². The first kappa shape index (κ1) is 13.8. The summed E-state index contributed by atoms with van der Waals surface area (Å²) in [7, 11) is 1.37. The summed E-state index contributed by atoms with van der Waals surface area (Å²) in [5, 5.41) is 8.89. The molecule has 104 valence electrons. The van der Waals surface area contributed by atoms with Gasteiger partial charge < -0.3 is 14.4 Å². The number of hydrogen-bond donors (Lipinski definition) is 1. The molecule has 0 aliphatic heterocycles. The third-order valence-corrected chi connectivity index (χ3v) is 2.82. The van der Waals surface area contributed by atoms with Crippen LogP contribution in [0.2, 0.25) is 0 Å². The van der Waals surface area contributed by atoms with Gasteiger partial charge in [0.05, 0.1) is 13.7 Å². The van der Waals surface area contributed by atoms with Crippen LogP contribution in [0.1, 0.15) is 15.9 Å². The lowest BCUT2D eigenvalue weighted by atomic mass is 10.2. The summed E-state index contributed by atoms with van der Waals surface area (Å²) >= 11 is 0. The van der Waals surface area contributed by atoms with E-state index in [0.717, 1.165) is 6.07 Å². The van der Waals surface area contributed by atoms with Gasteiger partial charge in [0.15, 0.2) is 17.0 Å². The number of aromatic carboxylic acids is 1. The van der Waals surface area contributed by atoms with Crippen LogP contribution in [-0.4, -0.2) is 22.8 Å². The highest BCUT2D eigenvalue weighted by atomic mass is 19.1. The Morgan fingerprint density at radius 2 is 2.15 bits per heavy atom. The molecule has 0 aliphatic rings. The lowest BCUT2D eigenvalue weighted by molar-refractivity contribution is 0.0694. The van der Waals surface area contributed by atoms with Crippen molar-refractivity contribution in [1.82, 2.24) is 4.57 Å². The molecule has 1 heterocycles. The number of carbonyl (C=O) groups is 1. The Morgan fingerprint density at radius 3 is 2.80 bits per heavy atom. The zero-order valence-electron chi connectivity index (χ0n) is 10.7. The van der Waals surface area contributed by atoms with Gasteiger partial charge in [-0.15, -0.1) is 0 Å². The van der Waals surface area contributed by atoms with E-state index in [1.54, 1.807) is 12.1 Å². The fourth-order valence-corrected chi connectivity index (χ4v) is 1.82. The number of halogens is 1. The van der Waals surface area contributed by atoms with Crippen LogP contribution in [0.5, 0.6) is 5.75 Å². The van der Waals surface area contributed by atoms with Crippen LogP contribution in [0, 0.1) is 5.82 Å². The van der Waals surface area contributed by atoms with Crippen LogP contribution >= 0.6 is 0 Å². The number of nitrogens with zero attached hydrogens (tertiary/aromatic N) is 1. The monoisotopic (exact) mass is 277 g/mol. The van der Waals surface area contributed by atoms with Crippen molar-refractivity contribution in [1.29, 1.82) is 0 Å². The minimum Gasteiger partial charge on any atom is -0.494 e. The molecule has 1 aromatic heterocycles. The number of carboxylic acids is 1. The molecule has 0 bridgehead atoms.